The largest absolute Gasteiger partial charge is 0.457 e. The molecule has 2 atom stereocenters. The summed E-state index contributed by atoms with van der Waals surface area (Å²) in [6.45, 7) is 10.6. The van der Waals surface area contributed by atoms with Crippen molar-refractivity contribution in [3.05, 3.63) is 59.7 Å². The molecular formula is C30H42ClN3O4. The minimum absolute atomic E-state index is 0. The van der Waals surface area contributed by atoms with E-state index in [0.717, 1.165) is 44.0 Å². The van der Waals surface area contributed by atoms with E-state index >= 15 is 0 Å². The number of piperidine rings is 1. The van der Waals surface area contributed by atoms with Crippen molar-refractivity contribution >= 4 is 24.2 Å². The number of carbonyl (C=O) groups excluding carboxylic acids is 2. The Bertz CT molecular complexity index is 1070. The van der Waals surface area contributed by atoms with Gasteiger partial charge in [0.15, 0.2) is 0 Å². The molecule has 38 heavy (non-hydrogen) atoms. The van der Waals surface area contributed by atoms with E-state index in [4.69, 9.17) is 4.74 Å². The molecule has 2 N–H and O–H groups in total. The number of aliphatic hydroxyl groups is 1. The number of amides is 2. The standard InChI is InChI=1S/C30H41N3O4.ClH/c1-5-6-17-33-28(35)26(27(34)21(2)3)31-29(36)30(33)15-18-32(19-16-30)20-23-9-13-25(14-10-23)37-24-11-7-22(4)8-12-24;/h7-14,21,26-27,34H,5-6,15-20H2,1-4H3,(H,31,36);1H/t26-,27-;/m1./s1. The summed E-state index contributed by atoms with van der Waals surface area (Å²) in [5.74, 6) is 1.23. The number of carbonyl (C=O) groups is 2. The van der Waals surface area contributed by atoms with Crippen molar-refractivity contribution in [1.82, 2.24) is 15.1 Å². The minimum atomic E-state index is -0.893. The first-order valence-corrected chi connectivity index (χ1v) is 13.6. The highest BCUT2D eigenvalue weighted by atomic mass is 35.5. The fraction of sp³-hybridized carbons (Fsp3) is 0.533. The van der Waals surface area contributed by atoms with Gasteiger partial charge >= 0.3 is 0 Å². The van der Waals surface area contributed by atoms with Crippen molar-refractivity contribution < 1.29 is 19.4 Å². The normalized spacial score (nSPS) is 20.3. The fourth-order valence-corrected chi connectivity index (χ4v) is 5.34. The van der Waals surface area contributed by atoms with E-state index in [9.17, 15) is 14.7 Å². The number of hydrogen-bond acceptors (Lipinski definition) is 5. The third-order valence-electron chi connectivity index (χ3n) is 7.79. The van der Waals surface area contributed by atoms with Gasteiger partial charge in [-0.05, 0) is 61.9 Å². The predicted molar refractivity (Wildman–Crippen MR) is 152 cm³/mol. The van der Waals surface area contributed by atoms with Crippen LogP contribution < -0.4 is 10.1 Å². The summed E-state index contributed by atoms with van der Waals surface area (Å²) in [5, 5.41) is 13.5. The molecule has 2 aliphatic heterocycles. The Labute approximate surface area is 232 Å². The zero-order valence-electron chi connectivity index (χ0n) is 23.0. The van der Waals surface area contributed by atoms with Crippen molar-refractivity contribution in [2.75, 3.05) is 19.6 Å². The van der Waals surface area contributed by atoms with Gasteiger partial charge < -0.3 is 20.1 Å². The van der Waals surface area contributed by atoms with Crippen molar-refractivity contribution in [2.24, 2.45) is 5.92 Å². The highest BCUT2D eigenvalue weighted by Crippen LogP contribution is 2.35. The van der Waals surface area contributed by atoms with Crippen molar-refractivity contribution in [1.29, 1.82) is 0 Å². The highest BCUT2D eigenvalue weighted by Gasteiger charge is 2.54. The number of nitrogens with zero attached hydrogens (tertiary/aromatic N) is 2. The molecule has 2 amide bonds. The molecule has 0 aromatic heterocycles. The lowest BCUT2D eigenvalue weighted by Crippen LogP contribution is -2.74. The van der Waals surface area contributed by atoms with Gasteiger partial charge in [-0.25, -0.2) is 0 Å². The predicted octanol–water partition coefficient (Wildman–Crippen LogP) is 4.69. The molecule has 0 unspecified atom stereocenters. The molecule has 0 aliphatic carbocycles. The summed E-state index contributed by atoms with van der Waals surface area (Å²) in [4.78, 5) is 31.1. The average Bonchev–Trinajstić information content (AvgIpc) is 2.89. The van der Waals surface area contributed by atoms with E-state index in [1.807, 2.05) is 50.2 Å². The van der Waals surface area contributed by atoms with E-state index in [0.29, 0.717) is 19.4 Å². The number of rotatable bonds is 9. The van der Waals surface area contributed by atoms with E-state index in [2.05, 4.69) is 36.2 Å². The molecule has 2 fully saturated rings. The van der Waals surface area contributed by atoms with Gasteiger partial charge in [0.05, 0.1) is 6.10 Å². The fourth-order valence-electron chi connectivity index (χ4n) is 5.34. The van der Waals surface area contributed by atoms with Crippen LogP contribution >= 0.6 is 12.4 Å². The summed E-state index contributed by atoms with van der Waals surface area (Å²) >= 11 is 0. The van der Waals surface area contributed by atoms with Gasteiger partial charge in [0, 0.05) is 26.2 Å². The molecular weight excluding hydrogens is 502 g/mol. The van der Waals surface area contributed by atoms with Crippen molar-refractivity contribution in [3.63, 3.8) is 0 Å². The maximum Gasteiger partial charge on any atom is 0.248 e. The lowest BCUT2D eigenvalue weighted by molar-refractivity contribution is -0.165. The maximum atomic E-state index is 13.5. The number of aryl methyl sites for hydroxylation is 1. The lowest BCUT2D eigenvalue weighted by Gasteiger charge is -2.52. The molecule has 2 saturated heterocycles. The third-order valence-corrected chi connectivity index (χ3v) is 7.79. The van der Waals surface area contributed by atoms with Crippen LogP contribution in [0.3, 0.4) is 0 Å². The Morgan fingerprint density at radius 3 is 2.16 bits per heavy atom. The number of ether oxygens (including phenoxy) is 1. The lowest BCUT2D eigenvalue weighted by atomic mass is 9.80. The van der Waals surface area contributed by atoms with E-state index in [1.165, 1.54) is 11.1 Å². The molecule has 7 nitrogen and oxygen atoms in total. The smallest absolute Gasteiger partial charge is 0.248 e. The first-order valence-electron chi connectivity index (χ1n) is 13.6. The molecule has 0 radical (unpaired) electrons. The van der Waals surface area contributed by atoms with Gasteiger partial charge in [-0.2, -0.15) is 0 Å². The van der Waals surface area contributed by atoms with Crippen LogP contribution in [0.25, 0.3) is 0 Å². The monoisotopic (exact) mass is 543 g/mol. The number of halogens is 1. The zero-order valence-corrected chi connectivity index (χ0v) is 23.8. The maximum absolute atomic E-state index is 13.5. The van der Waals surface area contributed by atoms with Crippen LogP contribution in [0.5, 0.6) is 11.5 Å². The number of unbranched alkanes of at least 4 members (excludes halogenated alkanes) is 1. The first-order chi connectivity index (χ1) is 17.7. The number of hydrogen-bond donors (Lipinski definition) is 2. The molecule has 8 heteroatoms. The number of benzene rings is 2. The second-order valence-electron chi connectivity index (χ2n) is 10.9. The molecule has 2 heterocycles. The van der Waals surface area contributed by atoms with Crippen LogP contribution in [-0.4, -0.2) is 64.0 Å². The topological polar surface area (TPSA) is 82.1 Å². The van der Waals surface area contributed by atoms with E-state index in [1.54, 1.807) is 4.90 Å². The Kier molecular flexibility index (Phi) is 10.2. The second kappa shape index (κ2) is 13.0. The van der Waals surface area contributed by atoms with Crippen LogP contribution in [0, 0.1) is 12.8 Å². The Morgan fingerprint density at radius 2 is 1.61 bits per heavy atom. The van der Waals surface area contributed by atoms with Crippen LogP contribution in [0.1, 0.15) is 57.6 Å². The number of nitrogens with one attached hydrogen (secondary N) is 1. The van der Waals surface area contributed by atoms with Gasteiger partial charge in [0.25, 0.3) is 0 Å². The van der Waals surface area contributed by atoms with Crippen LogP contribution in [0.2, 0.25) is 0 Å². The van der Waals surface area contributed by atoms with Gasteiger partial charge in [-0.1, -0.05) is 57.0 Å². The average molecular weight is 544 g/mol. The summed E-state index contributed by atoms with van der Waals surface area (Å²) in [7, 11) is 0. The van der Waals surface area contributed by atoms with E-state index < -0.39 is 17.7 Å². The van der Waals surface area contributed by atoms with Crippen molar-refractivity contribution in [2.45, 2.75) is 77.6 Å². The van der Waals surface area contributed by atoms with Gasteiger partial charge in [-0.15, -0.1) is 12.4 Å². The van der Waals surface area contributed by atoms with Crippen LogP contribution in [-0.2, 0) is 16.1 Å². The summed E-state index contributed by atoms with van der Waals surface area (Å²) < 4.78 is 5.95. The van der Waals surface area contributed by atoms with Crippen LogP contribution in [0.15, 0.2) is 48.5 Å². The molecule has 2 aliphatic rings. The molecule has 1 spiro atoms. The SMILES string of the molecule is CCCCN1C(=O)[C@@H]([C@H](O)C(C)C)NC(=O)C12CCN(Cc1ccc(Oc3ccc(C)cc3)cc1)CC2.Cl. The highest BCUT2D eigenvalue weighted by molar-refractivity contribution is 6.00. The molecule has 0 bridgehead atoms. The molecule has 0 saturated carbocycles. The molecule has 2 aromatic rings. The summed E-state index contributed by atoms with van der Waals surface area (Å²) in [6.07, 6.45) is 2.07. The van der Waals surface area contributed by atoms with Gasteiger partial charge in [-0.3, -0.25) is 14.5 Å². The van der Waals surface area contributed by atoms with Crippen molar-refractivity contribution in [3.8, 4) is 11.5 Å². The zero-order chi connectivity index (χ0) is 26.6. The van der Waals surface area contributed by atoms with E-state index in [-0.39, 0.29) is 30.1 Å². The second-order valence-corrected chi connectivity index (χ2v) is 10.9. The summed E-state index contributed by atoms with van der Waals surface area (Å²) in [6, 6.07) is 15.3. The quantitative estimate of drug-likeness (QED) is 0.479. The Morgan fingerprint density at radius 1 is 1.03 bits per heavy atom. The molecule has 2 aromatic carbocycles. The number of piperazine rings is 1. The van der Waals surface area contributed by atoms with Gasteiger partial charge in [0.2, 0.25) is 11.8 Å². The Hall–Kier alpha value is -2.61. The minimum Gasteiger partial charge on any atom is -0.457 e. The molecule has 4 rings (SSSR count). The van der Waals surface area contributed by atoms with Gasteiger partial charge in [0.1, 0.15) is 23.1 Å². The molecule has 208 valence electrons. The third kappa shape index (κ3) is 6.50. The van der Waals surface area contributed by atoms with Crippen LogP contribution in [0.4, 0.5) is 0 Å². The summed E-state index contributed by atoms with van der Waals surface area (Å²) in [5.41, 5.74) is 1.55. The Balaban J connectivity index is 0.00000400. The number of likely N-dealkylation sites (tertiary alicyclic amines) is 1. The number of aliphatic hydroxyl groups excluding tert-OH is 1. The first kappa shape index (κ1) is 29.9.